The Labute approximate surface area is 195 Å². The second-order valence-corrected chi connectivity index (χ2v) is 11.6. The molecule has 0 fully saturated rings. The minimum atomic E-state index is 1.06. The Balaban J connectivity index is 2.97. The first kappa shape index (κ1) is 29.7. The van der Waals surface area contributed by atoms with E-state index in [9.17, 15) is 0 Å². The van der Waals surface area contributed by atoms with E-state index >= 15 is 0 Å². The Bertz CT molecular complexity index is 237. The monoisotopic (exact) mass is 500 g/mol. The van der Waals surface area contributed by atoms with Crippen LogP contribution in [0.2, 0.25) is 9.79 Å². The first-order valence-corrected chi connectivity index (χ1v) is 16.1. The molecule has 0 amide bonds. The molecule has 0 aliphatic heterocycles. The van der Waals surface area contributed by atoms with Gasteiger partial charge in [-0.05, 0) is 0 Å². The van der Waals surface area contributed by atoms with Gasteiger partial charge >= 0.3 is 169 Å². The molecule has 1 heteroatoms. The maximum absolute atomic E-state index is 2.31. The zero-order chi connectivity index (χ0) is 21.1. The van der Waals surface area contributed by atoms with Crippen LogP contribution in [0, 0.1) is 0 Å². The number of hydrogen-bond acceptors (Lipinski definition) is 0. The van der Waals surface area contributed by atoms with E-state index in [1.165, 1.54) is 154 Å². The summed E-state index contributed by atoms with van der Waals surface area (Å²) in [7, 11) is 0. The van der Waals surface area contributed by atoms with Crippen LogP contribution in [0.4, 0.5) is 0 Å². The van der Waals surface area contributed by atoms with Crippen molar-refractivity contribution in [2.45, 2.75) is 178 Å². The molecule has 0 atom stereocenters. The van der Waals surface area contributed by atoms with Gasteiger partial charge in [0.2, 0.25) is 0 Å². The van der Waals surface area contributed by atoms with Crippen molar-refractivity contribution in [2.75, 3.05) is 0 Å². The SMILES string of the molecule is CCCCCCCCCCCCC[CH2][Pd][CH2]CCCCCCCCCCCCC. The fraction of sp³-hybridized carbons (Fsp3) is 1.00. The second-order valence-electron chi connectivity index (χ2n) is 9.25. The fourth-order valence-corrected chi connectivity index (χ4v) is 6.02. The van der Waals surface area contributed by atoms with Crippen LogP contribution in [0.5, 0.6) is 0 Å². The van der Waals surface area contributed by atoms with Gasteiger partial charge in [-0.25, -0.2) is 0 Å². The molecule has 0 rings (SSSR count). The fourth-order valence-electron chi connectivity index (χ4n) is 4.08. The van der Waals surface area contributed by atoms with E-state index in [2.05, 4.69) is 13.8 Å². The molecule has 0 bridgehead atoms. The average Bonchev–Trinajstić information content (AvgIpc) is 2.74. The summed E-state index contributed by atoms with van der Waals surface area (Å²) < 4.78 is 0. The van der Waals surface area contributed by atoms with Crippen LogP contribution in [0.15, 0.2) is 0 Å². The van der Waals surface area contributed by atoms with Crippen LogP contribution in [0.1, 0.15) is 168 Å². The molecule has 0 aromatic heterocycles. The van der Waals surface area contributed by atoms with Crippen molar-refractivity contribution in [1.82, 2.24) is 0 Å². The number of hydrogen-bond donors (Lipinski definition) is 0. The Morgan fingerprint density at radius 1 is 0.276 bits per heavy atom. The summed E-state index contributed by atoms with van der Waals surface area (Å²) in [5.74, 6) is 0. The quantitative estimate of drug-likeness (QED) is 0.0817. The smallest absolute Gasteiger partial charge is 0.0654 e. The molecule has 0 spiro atoms. The van der Waals surface area contributed by atoms with E-state index in [4.69, 9.17) is 0 Å². The van der Waals surface area contributed by atoms with Gasteiger partial charge < -0.3 is 0 Å². The molecule has 0 saturated heterocycles. The third kappa shape index (κ3) is 28.7. The van der Waals surface area contributed by atoms with E-state index in [-0.39, 0.29) is 0 Å². The molecule has 0 radical (unpaired) electrons. The van der Waals surface area contributed by atoms with Gasteiger partial charge in [-0.3, -0.25) is 0 Å². The van der Waals surface area contributed by atoms with Gasteiger partial charge in [0.05, 0.1) is 0 Å². The predicted octanol–water partition coefficient (Wildman–Crippen LogP) is 11.3. The van der Waals surface area contributed by atoms with E-state index in [1.807, 2.05) is 0 Å². The molecule has 29 heavy (non-hydrogen) atoms. The zero-order valence-corrected chi connectivity index (χ0v) is 22.3. The number of unbranched alkanes of at least 4 members (excludes halogenated alkanes) is 22. The van der Waals surface area contributed by atoms with Crippen LogP contribution < -0.4 is 0 Å². The molecular formula is C28H58Pd. The summed E-state index contributed by atoms with van der Waals surface area (Å²) >= 11 is 1.06. The van der Waals surface area contributed by atoms with Crippen LogP contribution in [0.3, 0.4) is 0 Å². The molecule has 0 aromatic carbocycles. The minimum Gasteiger partial charge on any atom is -0.0654 e. The van der Waals surface area contributed by atoms with Crippen molar-refractivity contribution in [3.8, 4) is 0 Å². The summed E-state index contributed by atoms with van der Waals surface area (Å²) in [6, 6.07) is 0. The maximum atomic E-state index is 2.31. The average molecular weight is 501 g/mol. The topological polar surface area (TPSA) is 0 Å². The van der Waals surface area contributed by atoms with Crippen LogP contribution >= 0.6 is 0 Å². The third-order valence-corrected chi connectivity index (χ3v) is 8.35. The standard InChI is InChI=1S/2C14H29.Pd/c2*1-3-5-7-9-11-13-14-12-10-8-6-4-2;/h2*1,3-14H2,2H3;. The molecular weight excluding hydrogens is 443 g/mol. The molecule has 0 aliphatic carbocycles. The molecule has 180 valence electrons. The van der Waals surface area contributed by atoms with E-state index in [0.717, 1.165) is 18.0 Å². The van der Waals surface area contributed by atoms with Gasteiger partial charge in [-0.15, -0.1) is 0 Å². The first-order valence-electron chi connectivity index (χ1n) is 13.9. The van der Waals surface area contributed by atoms with Crippen molar-refractivity contribution >= 4 is 0 Å². The summed E-state index contributed by atoms with van der Waals surface area (Å²) in [5.41, 5.74) is 0. The van der Waals surface area contributed by atoms with Crippen LogP contribution in [0.25, 0.3) is 0 Å². The predicted molar refractivity (Wildman–Crippen MR) is 132 cm³/mol. The van der Waals surface area contributed by atoms with Crippen molar-refractivity contribution in [3.63, 3.8) is 0 Å². The van der Waals surface area contributed by atoms with Gasteiger partial charge in [0.15, 0.2) is 0 Å². The van der Waals surface area contributed by atoms with Crippen molar-refractivity contribution < 1.29 is 18.0 Å². The second kappa shape index (κ2) is 28.7. The molecule has 0 heterocycles. The molecule has 0 unspecified atom stereocenters. The molecule has 0 aromatic rings. The molecule has 0 nitrogen and oxygen atoms in total. The number of rotatable bonds is 26. The van der Waals surface area contributed by atoms with Gasteiger partial charge in [-0.1, -0.05) is 26.7 Å². The zero-order valence-electron chi connectivity index (χ0n) is 20.7. The summed E-state index contributed by atoms with van der Waals surface area (Å²) in [5, 5.41) is 0. The van der Waals surface area contributed by atoms with Crippen molar-refractivity contribution in [2.24, 2.45) is 0 Å². The molecule has 0 saturated carbocycles. The minimum absolute atomic E-state index is 1.06. The third-order valence-electron chi connectivity index (χ3n) is 6.15. The van der Waals surface area contributed by atoms with Gasteiger partial charge in [0.25, 0.3) is 0 Å². The molecule has 0 N–H and O–H groups in total. The normalized spacial score (nSPS) is 11.5. The molecule has 0 aliphatic rings. The van der Waals surface area contributed by atoms with Crippen molar-refractivity contribution in [1.29, 1.82) is 0 Å². The van der Waals surface area contributed by atoms with Gasteiger partial charge in [0.1, 0.15) is 0 Å². The Kier molecular flexibility index (Phi) is 29.3. The van der Waals surface area contributed by atoms with E-state index in [0.29, 0.717) is 0 Å². The summed E-state index contributed by atoms with van der Waals surface area (Å²) in [6.45, 7) is 4.61. The Morgan fingerprint density at radius 3 is 0.724 bits per heavy atom. The Morgan fingerprint density at radius 2 is 0.483 bits per heavy atom. The first-order chi connectivity index (χ1) is 14.4. The van der Waals surface area contributed by atoms with Gasteiger partial charge in [-0.2, -0.15) is 0 Å². The summed E-state index contributed by atoms with van der Waals surface area (Å²) in [4.78, 5) is 3.09. The van der Waals surface area contributed by atoms with E-state index in [1.54, 1.807) is 9.79 Å². The van der Waals surface area contributed by atoms with Crippen LogP contribution in [-0.2, 0) is 18.0 Å². The van der Waals surface area contributed by atoms with Crippen molar-refractivity contribution in [3.05, 3.63) is 0 Å². The van der Waals surface area contributed by atoms with Crippen LogP contribution in [-0.4, -0.2) is 0 Å². The van der Waals surface area contributed by atoms with Gasteiger partial charge in [0, 0.05) is 0 Å². The van der Waals surface area contributed by atoms with E-state index < -0.39 is 0 Å². The Hall–Kier alpha value is 0.662. The summed E-state index contributed by atoms with van der Waals surface area (Å²) in [6.07, 6.45) is 35.5.